The zero-order valence-corrected chi connectivity index (χ0v) is 18.4. The van der Waals surface area contributed by atoms with Crippen molar-refractivity contribution < 1.29 is 21.6 Å². The van der Waals surface area contributed by atoms with Crippen LogP contribution in [0.3, 0.4) is 0 Å². The van der Waals surface area contributed by atoms with Gasteiger partial charge in [0.25, 0.3) is 20.0 Å². The molecule has 0 atom stereocenters. The summed E-state index contributed by atoms with van der Waals surface area (Å²) >= 11 is 3.24. The van der Waals surface area contributed by atoms with E-state index in [4.69, 9.17) is 4.74 Å². The summed E-state index contributed by atoms with van der Waals surface area (Å²) in [6, 6.07) is 18.5. The van der Waals surface area contributed by atoms with Gasteiger partial charge in [-0.2, -0.15) is 0 Å². The molecule has 0 aromatic heterocycles. The lowest BCUT2D eigenvalue weighted by Crippen LogP contribution is -2.15. The number of para-hydroxylation sites is 1. The summed E-state index contributed by atoms with van der Waals surface area (Å²) in [6.45, 7) is 0. The molecule has 29 heavy (non-hydrogen) atoms. The van der Waals surface area contributed by atoms with Gasteiger partial charge in [-0.1, -0.05) is 34.1 Å². The summed E-state index contributed by atoms with van der Waals surface area (Å²) < 4.78 is 60.9. The number of ether oxygens (including phenoxy) is 1. The molecular weight excluding hydrogens is 480 g/mol. The summed E-state index contributed by atoms with van der Waals surface area (Å²) in [5.41, 5.74) is 0.643. The van der Waals surface area contributed by atoms with Crippen molar-refractivity contribution in [1.29, 1.82) is 0 Å². The third-order valence-corrected chi connectivity index (χ3v) is 7.15. The Bertz CT molecular complexity index is 1210. The fourth-order valence-electron chi connectivity index (χ4n) is 2.49. The molecule has 0 spiro atoms. The molecule has 0 heterocycles. The molecule has 3 rings (SSSR count). The molecule has 2 N–H and O–H groups in total. The van der Waals surface area contributed by atoms with Gasteiger partial charge in [-0.15, -0.1) is 0 Å². The van der Waals surface area contributed by atoms with Crippen molar-refractivity contribution >= 4 is 47.4 Å². The summed E-state index contributed by atoms with van der Waals surface area (Å²) in [6.07, 6.45) is 0. The number of hydrogen-bond donors (Lipinski definition) is 2. The fourth-order valence-corrected chi connectivity index (χ4v) is 5.32. The van der Waals surface area contributed by atoms with E-state index in [0.717, 1.165) is 0 Å². The largest absolute Gasteiger partial charge is 0.495 e. The lowest BCUT2D eigenvalue weighted by molar-refractivity contribution is 0.403. The Morgan fingerprint density at radius 3 is 1.97 bits per heavy atom. The normalized spacial score (nSPS) is 11.7. The minimum absolute atomic E-state index is 0.00402. The van der Waals surface area contributed by atoms with Crippen molar-refractivity contribution in [3.63, 3.8) is 0 Å². The maximum Gasteiger partial charge on any atom is 0.265 e. The van der Waals surface area contributed by atoms with Crippen LogP contribution in [0.1, 0.15) is 0 Å². The van der Waals surface area contributed by atoms with E-state index < -0.39 is 20.0 Å². The molecule has 0 aliphatic heterocycles. The first kappa shape index (κ1) is 21.2. The number of anilines is 2. The van der Waals surface area contributed by atoms with Gasteiger partial charge in [0.15, 0.2) is 0 Å². The van der Waals surface area contributed by atoms with Crippen molar-refractivity contribution in [3.8, 4) is 5.75 Å². The van der Waals surface area contributed by atoms with Crippen LogP contribution in [0.25, 0.3) is 0 Å². The second-order valence-electron chi connectivity index (χ2n) is 5.90. The average molecular weight is 497 g/mol. The van der Waals surface area contributed by atoms with E-state index in [1.807, 2.05) is 0 Å². The van der Waals surface area contributed by atoms with Gasteiger partial charge >= 0.3 is 0 Å². The molecule has 0 aliphatic rings. The number of halogens is 1. The standard InChI is InChI=1S/C19H17BrN2O5S2/c1-27-18-12-7-14(20)13-19(18)29(25,26)22-16-8-10-17(11-9-16)28(23,24)21-15-5-3-2-4-6-15/h2-13,21-22H,1H3. The quantitative estimate of drug-likeness (QED) is 0.513. The third-order valence-electron chi connectivity index (χ3n) is 3.86. The summed E-state index contributed by atoms with van der Waals surface area (Å²) in [7, 11) is -6.36. The minimum atomic E-state index is -3.95. The van der Waals surface area contributed by atoms with Crippen LogP contribution >= 0.6 is 15.9 Å². The minimum Gasteiger partial charge on any atom is -0.495 e. The van der Waals surface area contributed by atoms with Crippen LogP contribution in [0.2, 0.25) is 0 Å². The lowest BCUT2D eigenvalue weighted by Gasteiger charge is -2.13. The number of rotatable bonds is 7. The molecule has 10 heteroatoms. The van der Waals surface area contributed by atoms with Gasteiger partial charge in [0.2, 0.25) is 0 Å². The van der Waals surface area contributed by atoms with E-state index in [9.17, 15) is 16.8 Å². The molecule has 0 unspecified atom stereocenters. The van der Waals surface area contributed by atoms with Crippen LogP contribution in [0.5, 0.6) is 5.75 Å². The molecule has 0 aliphatic carbocycles. The fraction of sp³-hybridized carbons (Fsp3) is 0.0526. The molecule has 0 fully saturated rings. The molecule has 0 saturated carbocycles. The van der Waals surface area contributed by atoms with Gasteiger partial charge < -0.3 is 4.74 Å². The van der Waals surface area contributed by atoms with E-state index in [0.29, 0.717) is 10.2 Å². The topological polar surface area (TPSA) is 102 Å². The monoisotopic (exact) mass is 496 g/mol. The predicted octanol–water partition coefficient (Wildman–Crippen LogP) is 4.06. The number of hydrogen-bond acceptors (Lipinski definition) is 5. The van der Waals surface area contributed by atoms with Gasteiger partial charge in [0.05, 0.1) is 12.0 Å². The molecule has 3 aromatic rings. The highest BCUT2D eigenvalue weighted by Crippen LogP contribution is 2.29. The number of methoxy groups -OCH3 is 1. The first-order valence-corrected chi connectivity index (χ1v) is 12.0. The molecule has 0 radical (unpaired) electrons. The van der Waals surface area contributed by atoms with Gasteiger partial charge in [-0.05, 0) is 54.6 Å². The molecule has 0 bridgehead atoms. The van der Waals surface area contributed by atoms with Crippen LogP contribution in [0.4, 0.5) is 11.4 Å². The molecule has 7 nitrogen and oxygen atoms in total. The highest BCUT2D eigenvalue weighted by molar-refractivity contribution is 9.10. The van der Waals surface area contributed by atoms with E-state index in [-0.39, 0.29) is 21.2 Å². The Morgan fingerprint density at radius 1 is 0.759 bits per heavy atom. The van der Waals surface area contributed by atoms with Crippen molar-refractivity contribution in [3.05, 3.63) is 77.3 Å². The SMILES string of the molecule is COc1ccc(Br)cc1S(=O)(=O)Nc1ccc(S(=O)(=O)Nc2ccccc2)cc1. The van der Waals surface area contributed by atoms with Crippen LogP contribution in [0.15, 0.2) is 87.1 Å². The van der Waals surface area contributed by atoms with Gasteiger partial charge in [0, 0.05) is 15.8 Å². The van der Waals surface area contributed by atoms with Crippen molar-refractivity contribution in [1.82, 2.24) is 0 Å². The Labute approximate surface area is 178 Å². The highest BCUT2D eigenvalue weighted by atomic mass is 79.9. The van der Waals surface area contributed by atoms with Crippen molar-refractivity contribution in [2.45, 2.75) is 9.79 Å². The van der Waals surface area contributed by atoms with Crippen molar-refractivity contribution in [2.75, 3.05) is 16.6 Å². The Kier molecular flexibility index (Phi) is 6.15. The molecule has 0 saturated heterocycles. The molecule has 152 valence electrons. The maximum atomic E-state index is 12.7. The van der Waals surface area contributed by atoms with Gasteiger partial charge in [-0.3, -0.25) is 9.44 Å². The lowest BCUT2D eigenvalue weighted by atomic mass is 10.3. The predicted molar refractivity (Wildman–Crippen MR) is 115 cm³/mol. The first-order valence-electron chi connectivity index (χ1n) is 8.25. The van der Waals surface area contributed by atoms with Crippen molar-refractivity contribution in [2.24, 2.45) is 0 Å². The third kappa shape index (κ3) is 5.08. The Balaban J connectivity index is 1.83. The summed E-state index contributed by atoms with van der Waals surface area (Å²) in [5.74, 6) is 0.187. The zero-order chi connectivity index (χ0) is 21.1. The Hall–Kier alpha value is -2.56. The second kappa shape index (κ2) is 8.44. The maximum absolute atomic E-state index is 12.7. The van der Waals surface area contributed by atoms with Gasteiger partial charge in [0.1, 0.15) is 10.6 Å². The van der Waals surface area contributed by atoms with E-state index in [1.54, 1.807) is 36.4 Å². The molecule has 0 amide bonds. The van der Waals surface area contributed by atoms with E-state index in [2.05, 4.69) is 25.4 Å². The number of benzene rings is 3. The van der Waals surface area contributed by atoms with Crippen LogP contribution in [0, 0.1) is 0 Å². The van der Waals surface area contributed by atoms with Crippen LogP contribution in [-0.2, 0) is 20.0 Å². The van der Waals surface area contributed by atoms with Crippen LogP contribution in [-0.4, -0.2) is 23.9 Å². The summed E-state index contributed by atoms with van der Waals surface area (Å²) in [5, 5.41) is 0. The smallest absolute Gasteiger partial charge is 0.265 e. The Morgan fingerprint density at radius 2 is 1.34 bits per heavy atom. The van der Waals surface area contributed by atoms with Gasteiger partial charge in [-0.25, -0.2) is 16.8 Å². The molecular formula is C19H17BrN2O5S2. The van der Waals surface area contributed by atoms with Crippen LogP contribution < -0.4 is 14.2 Å². The highest BCUT2D eigenvalue weighted by Gasteiger charge is 2.21. The number of nitrogens with one attached hydrogen (secondary N) is 2. The zero-order valence-electron chi connectivity index (χ0n) is 15.2. The van der Waals surface area contributed by atoms with E-state index >= 15 is 0 Å². The first-order chi connectivity index (χ1) is 13.7. The molecule has 3 aromatic carbocycles. The number of sulfonamides is 2. The second-order valence-corrected chi connectivity index (χ2v) is 10.1. The van der Waals surface area contributed by atoms with E-state index in [1.165, 1.54) is 43.5 Å². The average Bonchev–Trinajstić information content (AvgIpc) is 2.68. The summed E-state index contributed by atoms with van der Waals surface area (Å²) in [4.78, 5) is -0.0406.